The Morgan fingerprint density at radius 3 is 2.76 bits per heavy atom. The lowest BCUT2D eigenvalue weighted by atomic mass is 9.94. The van der Waals surface area contributed by atoms with Gasteiger partial charge in [0.15, 0.2) is 11.6 Å². The minimum absolute atomic E-state index is 0.0980. The van der Waals surface area contributed by atoms with Gasteiger partial charge in [-0.25, -0.2) is 13.8 Å². The van der Waals surface area contributed by atoms with Crippen LogP contribution in [0, 0.1) is 18.6 Å². The van der Waals surface area contributed by atoms with E-state index in [9.17, 15) is 13.6 Å². The molecule has 1 aliphatic rings. The number of rotatable bonds is 5. The summed E-state index contributed by atoms with van der Waals surface area (Å²) in [5, 5.41) is 5.53. The minimum atomic E-state index is -0.934. The van der Waals surface area contributed by atoms with Crippen LogP contribution in [-0.2, 0) is 11.2 Å². The first-order valence-electron chi connectivity index (χ1n) is 8.32. The van der Waals surface area contributed by atoms with Crippen molar-refractivity contribution in [2.45, 2.75) is 54.7 Å². The predicted octanol–water partition coefficient (Wildman–Crippen LogP) is 4.49. The molecule has 0 spiro atoms. The molecule has 0 bridgehead atoms. The molecule has 0 saturated heterocycles. The summed E-state index contributed by atoms with van der Waals surface area (Å²) < 4.78 is 27.9. The Kier molecular flexibility index (Phi) is 6.06. The SMILES string of the molecule is Cc1csc(SC2CCC(NC(=O)Cc3cccc(F)c3F)CC2)n1. The highest BCUT2D eigenvalue weighted by atomic mass is 32.2. The molecule has 0 aliphatic heterocycles. The molecule has 134 valence electrons. The zero-order valence-electron chi connectivity index (χ0n) is 13.9. The molecule has 3 nitrogen and oxygen atoms in total. The van der Waals surface area contributed by atoms with Crippen LogP contribution in [0.5, 0.6) is 0 Å². The molecule has 7 heteroatoms. The number of aryl methyl sites for hydroxylation is 1. The summed E-state index contributed by atoms with van der Waals surface area (Å²) >= 11 is 3.49. The summed E-state index contributed by atoms with van der Waals surface area (Å²) in [6.07, 6.45) is 3.71. The van der Waals surface area contributed by atoms with Crippen molar-refractivity contribution < 1.29 is 13.6 Å². The van der Waals surface area contributed by atoms with E-state index in [4.69, 9.17) is 0 Å². The summed E-state index contributed by atoms with van der Waals surface area (Å²) in [5.74, 6) is -2.10. The Balaban J connectivity index is 1.45. The number of thiazole rings is 1. The van der Waals surface area contributed by atoms with Crippen molar-refractivity contribution >= 4 is 29.0 Å². The molecule has 1 amide bonds. The maximum Gasteiger partial charge on any atom is 0.224 e. The number of nitrogens with one attached hydrogen (secondary N) is 1. The Hall–Kier alpha value is -1.47. The number of amides is 1. The minimum Gasteiger partial charge on any atom is -0.353 e. The Morgan fingerprint density at radius 1 is 1.32 bits per heavy atom. The second kappa shape index (κ2) is 8.27. The van der Waals surface area contributed by atoms with Crippen LogP contribution in [-0.4, -0.2) is 22.2 Å². The van der Waals surface area contributed by atoms with Crippen LogP contribution in [0.4, 0.5) is 8.78 Å². The van der Waals surface area contributed by atoms with Crippen LogP contribution in [0.15, 0.2) is 27.9 Å². The topological polar surface area (TPSA) is 42.0 Å². The zero-order valence-corrected chi connectivity index (χ0v) is 15.6. The van der Waals surface area contributed by atoms with Gasteiger partial charge < -0.3 is 5.32 Å². The molecule has 2 aromatic rings. The van der Waals surface area contributed by atoms with Crippen molar-refractivity contribution in [1.29, 1.82) is 0 Å². The van der Waals surface area contributed by atoms with Gasteiger partial charge in [-0.1, -0.05) is 23.9 Å². The number of nitrogens with zero attached hydrogens (tertiary/aromatic N) is 1. The number of aromatic nitrogens is 1. The molecule has 1 aliphatic carbocycles. The highest BCUT2D eigenvalue weighted by Crippen LogP contribution is 2.35. The maximum atomic E-state index is 13.6. The fraction of sp³-hybridized carbons (Fsp3) is 0.444. The first-order chi connectivity index (χ1) is 12.0. The van der Waals surface area contributed by atoms with Gasteiger partial charge in [-0.05, 0) is 38.7 Å². The molecule has 0 atom stereocenters. The van der Waals surface area contributed by atoms with Gasteiger partial charge in [-0.3, -0.25) is 4.79 Å². The number of benzene rings is 1. The third-order valence-electron chi connectivity index (χ3n) is 4.29. The molecular formula is C18H20F2N2OS2. The normalized spacial score (nSPS) is 20.4. The third kappa shape index (κ3) is 5.01. The Morgan fingerprint density at radius 2 is 2.08 bits per heavy atom. The Labute approximate surface area is 154 Å². The van der Waals surface area contributed by atoms with E-state index in [1.807, 2.05) is 18.7 Å². The van der Waals surface area contributed by atoms with E-state index in [1.165, 1.54) is 12.1 Å². The summed E-state index contributed by atoms with van der Waals surface area (Å²) in [6.45, 7) is 1.99. The molecule has 0 radical (unpaired) electrons. The molecule has 3 rings (SSSR count). The van der Waals surface area contributed by atoms with E-state index in [-0.39, 0.29) is 23.9 Å². The van der Waals surface area contributed by atoms with Crippen LogP contribution < -0.4 is 5.32 Å². The fourth-order valence-electron chi connectivity index (χ4n) is 2.99. The predicted molar refractivity (Wildman–Crippen MR) is 97.0 cm³/mol. The van der Waals surface area contributed by atoms with Crippen molar-refractivity contribution in [3.05, 3.63) is 46.5 Å². The van der Waals surface area contributed by atoms with Gasteiger partial charge in [0.2, 0.25) is 5.91 Å². The highest BCUT2D eigenvalue weighted by Gasteiger charge is 2.24. The van der Waals surface area contributed by atoms with Gasteiger partial charge in [0.25, 0.3) is 0 Å². The summed E-state index contributed by atoms with van der Waals surface area (Å²) in [7, 11) is 0. The van der Waals surface area contributed by atoms with Gasteiger partial charge in [-0.15, -0.1) is 11.3 Å². The van der Waals surface area contributed by atoms with Crippen LogP contribution in [0.25, 0.3) is 0 Å². The van der Waals surface area contributed by atoms with Crippen molar-refractivity contribution in [2.24, 2.45) is 0 Å². The smallest absolute Gasteiger partial charge is 0.224 e. The van der Waals surface area contributed by atoms with Crippen LogP contribution >= 0.6 is 23.1 Å². The second-order valence-corrected chi connectivity index (χ2v) is 8.71. The monoisotopic (exact) mass is 382 g/mol. The molecular weight excluding hydrogens is 362 g/mol. The summed E-state index contributed by atoms with van der Waals surface area (Å²) in [5.41, 5.74) is 1.15. The average Bonchev–Trinajstić information content (AvgIpc) is 2.99. The largest absolute Gasteiger partial charge is 0.353 e. The fourth-order valence-corrected chi connectivity index (χ4v) is 5.28. The summed E-state index contributed by atoms with van der Waals surface area (Å²) in [4.78, 5) is 16.6. The van der Waals surface area contributed by atoms with Crippen LogP contribution in [0.2, 0.25) is 0 Å². The highest BCUT2D eigenvalue weighted by molar-refractivity contribution is 8.01. The summed E-state index contributed by atoms with van der Waals surface area (Å²) in [6, 6.07) is 4.03. The van der Waals surface area contributed by atoms with Gasteiger partial charge in [0, 0.05) is 27.9 Å². The molecule has 1 aromatic carbocycles. The van der Waals surface area contributed by atoms with E-state index >= 15 is 0 Å². The molecule has 1 aromatic heterocycles. The number of thioether (sulfide) groups is 1. The van der Waals surface area contributed by atoms with E-state index in [2.05, 4.69) is 15.7 Å². The number of carbonyl (C=O) groups excluding carboxylic acids is 1. The van der Waals surface area contributed by atoms with E-state index in [0.717, 1.165) is 41.8 Å². The molecule has 1 heterocycles. The molecule has 1 N–H and O–H groups in total. The maximum absolute atomic E-state index is 13.6. The molecule has 0 unspecified atom stereocenters. The van der Waals surface area contributed by atoms with Crippen molar-refractivity contribution in [2.75, 3.05) is 0 Å². The molecule has 1 fully saturated rings. The lowest BCUT2D eigenvalue weighted by Crippen LogP contribution is -2.39. The van der Waals surface area contributed by atoms with Crippen LogP contribution in [0.1, 0.15) is 36.9 Å². The first-order valence-corrected chi connectivity index (χ1v) is 10.1. The van der Waals surface area contributed by atoms with Gasteiger partial charge in [0.05, 0.1) is 6.42 Å². The second-order valence-electron chi connectivity index (χ2n) is 6.30. The average molecular weight is 383 g/mol. The van der Waals surface area contributed by atoms with Crippen LogP contribution in [0.3, 0.4) is 0 Å². The van der Waals surface area contributed by atoms with Gasteiger partial charge in [0.1, 0.15) is 4.34 Å². The van der Waals surface area contributed by atoms with Gasteiger partial charge >= 0.3 is 0 Å². The third-order valence-corrected chi connectivity index (χ3v) is 6.71. The quantitative estimate of drug-likeness (QED) is 0.828. The van der Waals surface area contributed by atoms with E-state index in [0.29, 0.717) is 5.25 Å². The number of halogens is 2. The van der Waals surface area contributed by atoms with Crippen molar-refractivity contribution in [3.8, 4) is 0 Å². The number of carbonyl (C=O) groups is 1. The number of hydrogen-bond acceptors (Lipinski definition) is 4. The Bertz CT molecular complexity index is 742. The first kappa shape index (κ1) is 18.3. The number of hydrogen-bond donors (Lipinski definition) is 1. The molecule has 1 saturated carbocycles. The van der Waals surface area contributed by atoms with Crippen molar-refractivity contribution in [1.82, 2.24) is 10.3 Å². The van der Waals surface area contributed by atoms with Gasteiger partial charge in [-0.2, -0.15) is 0 Å². The lowest BCUT2D eigenvalue weighted by molar-refractivity contribution is -0.121. The van der Waals surface area contributed by atoms with E-state index < -0.39 is 11.6 Å². The standard InChI is InChI=1S/C18H20F2N2OS2/c1-11-10-24-18(21-11)25-14-7-5-13(6-8-14)22-16(23)9-12-3-2-4-15(19)17(12)20/h2-4,10,13-14H,5-9H2,1H3,(H,22,23). The van der Waals surface area contributed by atoms with E-state index in [1.54, 1.807) is 11.3 Å². The molecule has 25 heavy (non-hydrogen) atoms. The zero-order chi connectivity index (χ0) is 17.8. The lowest BCUT2D eigenvalue weighted by Gasteiger charge is -2.28. The van der Waals surface area contributed by atoms with Crippen molar-refractivity contribution in [3.63, 3.8) is 0 Å².